The second kappa shape index (κ2) is 5.61. The van der Waals surface area contributed by atoms with E-state index >= 15 is 0 Å². The van der Waals surface area contributed by atoms with Crippen LogP contribution >= 0.6 is 0 Å². The average molecular weight is 217 g/mol. The maximum absolute atomic E-state index is 12.1. The van der Waals surface area contributed by atoms with Crippen molar-refractivity contribution >= 4 is 11.4 Å². The second-order valence-corrected chi connectivity index (χ2v) is 4.37. The van der Waals surface area contributed by atoms with Gasteiger partial charge in [-0.2, -0.15) is 0 Å². The fourth-order valence-corrected chi connectivity index (χ4v) is 1.71. The van der Waals surface area contributed by atoms with Crippen LogP contribution in [0.15, 0.2) is 36.9 Å². The summed E-state index contributed by atoms with van der Waals surface area (Å²) in [4.78, 5) is 14.1. The van der Waals surface area contributed by atoms with E-state index in [4.69, 9.17) is 0 Å². The van der Waals surface area contributed by atoms with E-state index in [0.29, 0.717) is 5.57 Å². The van der Waals surface area contributed by atoms with Crippen LogP contribution in [0.5, 0.6) is 0 Å². The summed E-state index contributed by atoms with van der Waals surface area (Å²) in [5, 5.41) is 0. The van der Waals surface area contributed by atoms with Gasteiger partial charge in [0.15, 0.2) is 5.78 Å². The smallest absolute Gasteiger partial charge is 0.166 e. The predicted molar refractivity (Wildman–Crippen MR) is 68.2 cm³/mol. The van der Waals surface area contributed by atoms with Gasteiger partial charge < -0.3 is 4.90 Å². The Morgan fingerprint density at radius 1 is 1.31 bits per heavy atom. The largest absolute Gasteiger partial charge is 0.309 e. The summed E-state index contributed by atoms with van der Waals surface area (Å²) in [6, 6.07) is 9.62. The van der Waals surface area contributed by atoms with Crippen molar-refractivity contribution in [2.24, 2.45) is 5.92 Å². The lowest BCUT2D eigenvalue weighted by atomic mass is 9.95. The number of Topliss-reactive ketones (excluding diaryl/α,β-unsaturated/α-hetero) is 1. The molecule has 0 saturated carbocycles. The summed E-state index contributed by atoms with van der Waals surface area (Å²) in [6.45, 7) is 6.58. The van der Waals surface area contributed by atoms with Crippen LogP contribution in [0.3, 0.4) is 0 Å². The fourth-order valence-electron chi connectivity index (χ4n) is 1.71. The van der Waals surface area contributed by atoms with Crippen LogP contribution < -0.4 is 0 Å². The average Bonchev–Trinajstić information content (AvgIpc) is 2.27. The Morgan fingerprint density at radius 2 is 1.88 bits per heavy atom. The molecule has 0 bridgehead atoms. The number of ketones is 1. The third kappa shape index (κ3) is 3.31. The number of carbonyl (C=O) groups is 1. The molecule has 16 heavy (non-hydrogen) atoms. The van der Waals surface area contributed by atoms with E-state index in [9.17, 15) is 4.79 Å². The molecule has 2 heteroatoms. The standard InChI is InChI=1S/C14H19NO/c1-11(10-15(3)4)14(16)12(2)13-8-6-5-7-9-13/h5-9,11H,2,10H2,1,3-4H3. The number of allylic oxidation sites excluding steroid dienone is 1. The summed E-state index contributed by atoms with van der Waals surface area (Å²) in [6.07, 6.45) is 0. The van der Waals surface area contributed by atoms with Gasteiger partial charge in [0.05, 0.1) is 0 Å². The first-order valence-corrected chi connectivity index (χ1v) is 5.45. The van der Waals surface area contributed by atoms with Gasteiger partial charge in [0.1, 0.15) is 0 Å². The molecule has 1 atom stereocenters. The first-order chi connectivity index (χ1) is 7.52. The zero-order valence-electron chi connectivity index (χ0n) is 10.2. The number of rotatable bonds is 5. The molecule has 0 radical (unpaired) electrons. The van der Waals surface area contributed by atoms with Gasteiger partial charge in [0.2, 0.25) is 0 Å². The number of nitrogens with zero attached hydrogens (tertiary/aromatic N) is 1. The van der Waals surface area contributed by atoms with Crippen molar-refractivity contribution in [2.75, 3.05) is 20.6 Å². The molecule has 1 unspecified atom stereocenters. The molecular weight excluding hydrogens is 198 g/mol. The topological polar surface area (TPSA) is 20.3 Å². The Balaban J connectivity index is 2.72. The molecule has 2 nitrogen and oxygen atoms in total. The van der Waals surface area contributed by atoms with Crippen LogP contribution in [0.25, 0.3) is 5.57 Å². The van der Waals surface area contributed by atoms with E-state index in [1.165, 1.54) is 0 Å². The second-order valence-electron chi connectivity index (χ2n) is 4.37. The molecule has 86 valence electrons. The molecule has 0 aromatic heterocycles. The Bertz CT molecular complexity index is 368. The molecule has 1 rings (SSSR count). The summed E-state index contributed by atoms with van der Waals surface area (Å²) < 4.78 is 0. The highest BCUT2D eigenvalue weighted by atomic mass is 16.1. The highest BCUT2D eigenvalue weighted by molar-refractivity contribution is 6.20. The van der Waals surface area contributed by atoms with Gasteiger partial charge in [0.25, 0.3) is 0 Å². The molecular formula is C14H19NO. The zero-order chi connectivity index (χ0) is 12.1. The van der Waals surface area contributed by atoms with E-state index in [1.54, 1.807) is 0 Å². The lowest BCUT2D eigenvalue weighted by Crippen LogP contribution is -2.26. The Labute approximate surface area is 97.6 Å². The third-order valence-electron chi connectivity index (χ3n) is 2.51. The summed E-state index contributed by atoms with van der Waals surface area (Å²) in [5.74, 6) is 0.114. The number of carbonyl (C=O) groups excluding carboxylic acids is 1. The SMILES string of the molecule is C=C(C(=O)C(C)CN(C)C)c1ccccc1. The van der Waals surface area contributed by atoms with Crippen LogP contribution in [0.2, 0.25) is 0 Å². The zero-order valence-corrected chi connectivity index (χ0v) is 10.2. The summed E-state index contributed by atoms with van der Waals surface area (Å²) in [7, 11) is 3.93. The molecule has 0 fully saturated rings. The highest BCUT2D eigenvalue weighted by Gasteiger charge is 2.17. The van der Waals surface area contributed by atoms with E-state index in [1.807, 2.05) is 56.3 Å². The number of benzene rings is 1. The van der Waals surface area contributed by atoms with Crippen molar-refractivity contribution in [3.8, 4) is 0 Å². The molecule has 0 spiro atoms. The first-order valence-electron chi connectivity index (χ1n) is 5.45. The van der Waals surface area contributed by atoms with Crippen molar-refractivity contribution in [2.45, 2.75) is 6.92 Å². The van der Waals surface area contributed by atoms with Crippen molar-refractivity contribution in [1.29, 1.82) is 0 Å². The monoisotopic (exact) mass is 217 g/mol. The van der Waals surface area contributed by atoms with Crippen LogP contribution in [0, 0.1) is 5.92 Å². The van der Waals surface area contributed by atoms with Crippen LogP contribution in [-0.2, 0) is 4.79 Å². The lowest BCUT2D eigenvalue weighted by molar-refractivity contribution is -0.117. The fraction of sp³-hybridized carbons (Fsp3) is 0.357. The molecule has 0 N–H and O–H groups in total. The highest BCUT2D eigenvalue weighted by Crippen LogP contribution is 2.17. The van der Waals surface area contributed by atoms with Crippen LogP contribution in [-0.4, -0.2) is 31.3 Å². The van der Waals surface area contributed by atoms with Crippen LogP contribution in [0.1, 0.15) is 12.5 Å². The van der Waals surface area contributed by atoms with Crippen molar-refractivity contribution in [3.63, 3.8) is 0 Å². The Hall–Kier alpha value is -1.41. The minimum absolute atomic E-state index is 0.0114. The van der Waals surface area contributed by atoms with Gasteiger partial charge >= 0.3 is 0 Å². The number of hydrogen-bond acceptors (Lipinski definition) is 2. The predicted octanol–water partition coefficient (Wildman–Crippen LogP) is 2.47. The minimum Gasteiger partial charge on any atom is -0.309 e. The number of hydrogen-bond donors (Lipinski definition) is 0. The molecule has 0 heterocycles. The summed E-state index contributed by atoms with van der Waals surface area (Å²) >= 11 is 0. The molecule has 0 amide bonds. The van der Waals surface area contributed by atoms with E-state index in [0.717, 1.165) is 12.1 Å². The van der Waals surface area contributed by atoms with E-state index in [-0.39, 0.29) is 11.7 Å². The maximum atomic E-state index is 12.1. The molecule has 0 aliphatic heterocycles. The molecule has 0 aliphatic rings. The quantitative estimate of drug-likeness (QED) is 0.706. The van der Waals surface area contributed by atoms with Gasteiger partial charge in [-0.25, -0.2) is 0 Å². The molecule has 0 saturated heterocycles. The van der Waals surface area contributed by atoms with Gasteiger partial charge in [-0.3, -0.25) is 4.79 Å². The minimum atomic E-state index is -0.0114. The maximum Gasteiger partial charge on any atom is 0.166 e. The molecule has 1 aromatic rings. The van der Waals surface area contributed by atoms with E-state index in [2.05, 4.69) is 6.58 Å². The van der Waals surface area contributed by atoms with Gasteiger partial charge in [-0.05, 0) is 19.7 Å². The van der Waals surface area contributed by atoms with Gasteiger partial charge in [-0.1, -0.05) is 43.8 Å². The third-order valence-corrected chi connectivity index (χ3v) is 2.51. The molecule has 1 aromatic carbocycles. The normalized spacial score (nSPS) is 12.5. The van der Waals surface area contributed by atoms with Crippen molar-refractivity contribution < 1.29 is 4.79 Å². The molecule has 0 aliphatic carbocycles. The van der Waals surface area contributed by atoms with E-state index < -0.39 is 0 Å². The van der Waals surface area contributed by atoms with Gasteiger partial charge in [0, 0.05) is 18.0 Å². The van der Waals surface area contributed by atoms with Gasteiger partial charge in [-0.15, -0.1) is 0 Å². The lowest BCUT2D eigenvalue weighted by Gasteiger charge is -2.16. The summed E-state index contributed by atoms with van der Waals surface area (Å²) in [5.41, 5.74) is 1.52. The Morgan fingerprint density at radius 3 is 2.38 bits per heavy atom. The van der Waals surface area contributed by atoms with Crippen LogP contribution in [0.4, 0.5) is 0 Å². The van der Waals surface area contributed by atoms with Crippen molar-refractivity contribution in [3.05, 3.63) is 42.5 Å². The Kier molecular flexibility index (Phi) is 4.44. The van der Waals surface area contributed by atoms with Crippen molar-refractivity contribution in [1.82, 2.24) is 4.90 Å². The first kappa shape index (κ1) is 12.7.